The van der Waals surface area contributed by atoms with Crippen LogP contribution in [0.5, 0.6) is 0 Å². The highest BCUT2D eigenvalue weighted by Gasteiger charge is 2.14. The lowest BCUT2D eigenvalue weighted by atomic mass is 10.2. The van der Waals surface area contributed by atoms with Crippen LogP contribution >= 0.6 is 7.82 Å². The van der Waals surface area contributed by atoms with Crippen molar-refractivity contribution in [1.82, 2.24) is 29.3 Å². The van der Waals surface area contributed by atoms with Gasteiger partial charge in [-0.25, -0.2) is 13.7 Å². The molecule has 0 radical (unpaired) electrons. The van der Waals surface area contributed by atoms with Gasteiger partial charge in [0.15, 0.2) is 0 Å². The number of anilines is 3. The van der Waals surface area contributed by atoms with E-state index in [4.69, 9.17) is 19.2 Å². The van der Waals surface area contributed by atoms with Crippen LogP contribution in [0.2, 0.25) is 0 Å². The highest BCUT2D eigenvalue weighted by atomic mass is 31.2. The summed E-state index contributed by atoms with van der Waals surface area (Å²) >= 11 is 0. The molecule has 6 rings (SSSR count). The lowest BCUT2D eigenvalue weighted by Crippen LogP contribution is -2.25. The number of aryl methyl sites for hydroxylation is 6. The van der Waals surface area contributed by atoms with Crippen LogP contribution in [0, 0.1) is 0 Å². The molecule has 3 aromatic carbocycles. The second-order valence-electron chi connectivity index (χ2n) is 14.1. The van der Waals surface area contributed by atoms with Gasteiger partial charge in [0.2, 0.25) is 19.0 Å². The zero-order valence-electron chi connectivity index (χ0n) is 39.5. The SMILES string of the molecule is CCN(CC)c1ccc(N=Nc2n(C)nc[n+]2C)cc1.CCN(CC)c1ccc(N=Nc2n(C)nc[n+]2C)cc1.CCN(CC)c1ccc(N=Nc2n(C)nc[n+]2C)cc1.O=P([O-])([O-])[O-]. The Bertz CT molecular complexity index is 2120. The summed E-state index contributed by atoms with van der Waals surface area (Å²) < 4.78 is 19.1. The standard InChI is InChI=1S/3C14H21N6.H3O4P/c3*1-5-20(6-2)13-9-7-12(8-10-13)16-17-14-18(3)11-15-19(14)4;1-5(2,3)4/h3*7-11H,5-6H2,1-4H3;(H3,1,2,3,4)/q3*+1;/p-3. The molecule has 0 aliphatic rings. The Kier molecular flexibility index (Phi) is 21.3. The van der Waals surface area contributed by atoms with Gasteiger partial charge < -0.3 is 33.9 Å². The van der Waals surface area contributed by atoms with Crippen LogP contribution in [0.25, 0.3) is 0 Å². The van der Waals surface area contributed by atoms with Gasteiger partial charge in [-0.2, -0.15) is 7.82 Å². The molecule has 0 aliphatic carbocycles. The van der Waals surface area contributed by atoms with E-state index in [0.29, 0.717) is 17.8 Å². The first-order valence-corrected chi connectivity index (χ1v) is 22.6. The van der Waals surface area contributed by atoms with Crippen LogP contribution in [0.15, 0.2) is 122 Å². The summed E-state index contributed by atoms with van der Waals surface area (Å²) in [5.74, 6) is 2.12. The summed E-state index contributed by atoms with van der Waals surface area (Å²) in [4.78, 5) is 32.5. The van der Waals surface area contributed by atoms with Gasteiger partial charge in [-0.05, 0) is 130 Å². The molecular weight excluding hydrogens is 852 g/mol. The van der Waals surface area contributed by atoms with Crippen LogP contribution < -0.4 is 43.1 Å². The number of azo groups is 3. The van der Waals surface area contributed by atoms with Crippen LogP contribution in [0.1, 0.15) is 41.5 Å². The average Bonchev–Trinajstić information content (AvgIpc) is 3.92. The third-order valence-corrected chi connectivity index (χ3v) is 9.71. The quantitative estimate of drug-likeness (QED) is 0.0783. The maximum atomic E-state index is 8.55. The van der Waals surface area contributed by atoms with E-state index in [2.05, 4.69) is 139 Å². The average molecular weight is 915 g/mol. The third kappa shape index (κ3) is 17.1. The largest absolute Gasteiger partial charge is 0.822 e. The molecule has 0 unspecified atom stereocenters. The second-order valence-corrected chi connectivity index (χ2v) is 15.0. The Morgan fingerprint density at radius 3 is 0.800 bits per heavy atom. The Morgan fingerprint density at radius 2 is 0.646 bits per heavy atom. The van der Waals surface area contributed by atoms with Crippen molar-refractivity contribution in [2.24, 2.45) is 73.0 Å². The Balaban J connectivity index is 0.000000246. The number of rotatable bonds is 15. The van der Waals surface area contributed by atoms with Crippen molar-refractivity contribution in [3.8, 4) is 0 Å². The fourth-order valence-electron chi connectivity index (χ4n) is 6.13. The molecule has 0 saturated carbocycles. The fourth-order valence-corrected chi connectivity index (χ4v) is 6.13. The summed E-state index contributed by atoms with van der Waals surface area (Å²) in [5, 5.41) is 37.7. The first kappa shape index (κ1) is 52.7. The minimum absolute atomic E-state index is 0.706. The van der Waals surface area contributed by atoms with Gasteiger partial charge in [-0.15, -0.1) is 14.0 Å². The van der Waals surface area contributed by atoms with Gasteiger partial charge in [0, 0.05) is 71.7 Å². The van der Waals surface area contributed by atoms with Gasteiger partial charge in [0.05, 0.1) is 59.3 Å². The zero-order chi connectivity index (χ0) is 48.1. The highest BCUT2D eigenvalue weighted by molar-refractivity contribution is 7.40. The molecule has 0 amide bonds. The van der Waals surface area contributed by atoms with E-state index in [0.717, 1.165) is 56.3 Å². The van der Waals surface area contributed by atoms with E-state index in [1.165, 1.54) is 17.1 Å². The summed E-state index contributed by atoms with van der Waals surface area (Å²) in [6.45, 7) is 18.9. The van der Waals surface area contributed by atoms with Crippen LogP contribution in [-0.4, -0.2) is 68.6 Å². The van der Waals surface area contributed by atoms with E-state index < -0.39 is 7.82 Å². The van der Waals surface area contributed by atoms with Gasteiger partial charge in [-0.1, -0.05) is 15.3 Å². The normalized spacial score (nSPS) is 11.2. The minimum Gasteiger partial charge on any atom is -0.822 e. The van der Waals surface area contributed by atoms with Gasteiger partial charge in [0.1, 0.15) is 0 Å². The van der Waals surface area contributed by atoms with Crippen molar-refractivity contribution >= 4 is 59.8 Å². The van der Waals surface area contributed by atoms with Crippen molar-refractivity contribution < 1.29 is 32.9 Å². The zero-order valence-corrected chi connectivity index (χ0v) is 40.4. The van der Waals surface area contributed by atoms with Crippen molar-refractivity contribution in [2.75, 3.05) is 54.0 Å². The minimum atomic E-state index is -5.39. The van der Waals surface area contributed by atoms with Crippen molar-refractivity contribution in [3.63, 3.8) is 0 Å². The highest BCUT2D eigenvalue weighted by Crippen LogP contribution is 2.23. The molecule has 0 fully saturated rings. The van der Waals surface area contributed by atoms with Crippen LogP contribution in [0.4, 0.5) is 52.0 Å². The molecule has 3 heterocycles. The van der Waals surface area contributed by atoms with Gasteiger partial charge in [-0.3, -0.25) is 0 Å². The molecular formula is C42H63N18O4P. The lowest BCUT2D eigenvalue weighted by molar-refractivity contribution is -0.659. The number of hydrogen-bond acceptors (Lipinski definition) is 16. The summed E-state index contributed by atoms with van der Waals surface area (Å²) in [6.07, 6.45) is 5.12. The number of hydrogen-bond donors (Lipinski definition) is 0. The molecule has 350 valence electrons. The molecule has 0 saturated heterocycles. The third-order valence-electron chi connectivity index (χ3n) is 9.71. The van der Waals surface area contributed by atoms with Crippen molar-refractivity contribution in [1.29, 1.82) is 0 Å². The van der Waals surface area contributed by atoms with Crippen molar-refractivity contribution in [3.05, 3.63) is 91.8 Å². The topological polar surface area (TPSA) is 235 Å². The maximum absolute atomic E-state index is 8.55. The molecule has 22 nitrogen and oxygen atoms in total. The van der Waals surface area contributed by atoms with E-state index in [1.807, 2.05) is 92.4 Å². The van der Waals surface area contributed by atoms with E-state index >= 15 is 0 Å². The first-order chi connectivity index (χ1) is 31.0. The molecule has 0 spiro atoms. The number of aromatic nitrogens is 9. The molecule has 0 bridgehead atoms. The Hall–Kier alpha value is -6.61. The molecule has 23 heteroatoms. The molecule has 3 aromatic heterocycles. The van der Waals surface area contributed by atoms with E-state index in [-0.39, 0.29) is 0 Å². The monoisotopic (exact) mass is 915 g/mol. The number of benzene rings is 3. The molecule has 0 N–H and O–H groups in total. The van der Waals surface area contributed by atoms with E-state index in [1.54, 1.807) is 33.0 Å². The predicted molar refractivity (Wildman–Crippen MR) is 243 cm³/mol. The lowest BCUT2D eigenvalue weighted by Gasteiger charge is -2.36. The molecule has 65 heavy (non-hydrogen) atoms. The Morgan fingerprint density at radius 1 is 0.446 bits per heavy atom. The van der Waals surface area contributed by atoms with E-state index in [9.17, 15) is 0 Å². The summed E-state index contributed by atoms with van der Waals surface area (Å²) in [7, 11) is 5.83. The van der Waals surface area contributed by atoms with Gasteiger partial charge >= 0.3 is 17.8 Å². The first-order valence-electron chi connectivity index (χ1n) is 21.1. The maximum Gasteiger partial charge on any atom is 0.403 e. The molecule has 0 atom stereocenters. The molecule has 6 aromatic rings. The Labute approximate surface area is 381 Å². The van der Waals surface area contributed by atoms with Crippen LogP contribution in [0.3, 0.4) is 0 Å². The fraction of sp³-hybridized carbons (Fsp3) is 0.429. The van der Waals surface area contributed by atoms with Crippen LogP contribution in [-0.2, 0) is 46.9 Å². The summed E-state index contributed by atoms with van der Waals surface area (Å²) in [6, 6.07) is 24.3. The summed E-state index contributed by atoms with van der Waals surface area (Å²) in [5.41, 5.74) is 6.13. The van der Waals surface area contributed by atoms with Crippen molar-refractivity contribution in [2.45, 2.75) is 41.5 Å². The number of nitrogens with zero attached hydrogens (tertiary/aromatic N) is 18. The molecule has 0 aliphatic heterocycles. The predicted octanol–water partition coefficient (Wildman–Crippen LogP) is 4.69. The number of phosphoric acid groups is 1. The van der Waals surface area contributed by atoms with Gasteiger partial charge in [0.25, 0.3) is 0 Å². The second kappa shape index (κ2) is 26.2. The smallest absolute Gasteiger partial charge is 0.403 e.